The highest BCUT2D eigenvalue weighted by Gasteiger charge is 2.17. The molecule has 0 bridgehead atoms. The summed E-state index contributed by atoms with van der Waals surface area (Å²) in [5, 5.41) is 2.39. The molecule has 4 aromatic heterocycles. The van der Waals surface area contributed by atoms with Gasteiger partial charge in [0.2, 0.25) is 5.89 Å². The van der Waals surface area contributed by atoms with Crippen molar-refractivity contribution in [3.8, 4) is 62.4 Å². The van der Waals surface area contributed by atoms with Crippen LogP contribution < -0.4 is 0 Å². The lowest BCUT2D eigenvalue weighted by Gasteiger charge is -2.09. The maximum absolute atomic E-state index is 6.35. The minimum atomic E-state index is 0.551. The highest BCUT2D eigenvalue weighted by atomic mass is 32.1. The number of hydrogen-bond donors (Lipinski definition) is 0. The molecule has 55 heavy (non-hydrogen) atoms. The fourth-order valence-corrected chi connectivity index (χ4v) is 8.03. The molecule has 7 nitrogen and oxygen atoms in total. The molecule has 0 aliphatic carbocycles. The first-order chi connectivity index (χ1) is 27.2. The normalized spacial score (nSPS) is 11.6. The third-order valence-corrected chi connectivity index (χ3v) is 10.8. The lowest BCUT2D eigenvalue weighted by Crippen LogP contribution is -2.00. The van der Waals surface area contributed by atoms with Crippen LogP contribution in [0.4, 0.5) is 0 Å². The highest BCUT2D eigenvalue weighted by Crippen LogP contribution is 2.37. The van der Waals surface area contributed by atoms with Crippen molar-refractivity contribution >= 4 is 54.5 Å². The zero-order valence-corrected chi connectivity index (χ0v) is 30.0. The molecular weight excluding hydrogens is 697 g/mol. The number of aromatic nitrogens is 6. The van der Waals surface area contributed by atoms with E-state index in [-0.39, 0.29) is 0 Å². The van der Waals surface area contributed by atoms with Gasteiger partial charge in [0.05, 0.1) is 26.8 Å². The minimum Gasteiger partial charge on any atom is -0.436 e. The quantitative estimate of drug-likeness (QED) is 0.170. The Hall–Kier alpha value is -7.29. The lowest BCUT2D eigenvalue weighted by molar-refractivity contribution is 0.620. The van der Waals surface area contributed by atoms with E-state index in [2.05, 4.69) is 88.4 Å². The van der Waals surface area contributed by atoms with E-state index in [4.69, 9.17) is 24.4 Å². The van der Waals surface area contributed by atoms with Gasteiger partial charge < -0.3 is 8.98 Å². The smallest absolute Gasteiger partial charge is 0.227 e. The van der Waals surface area contributed by atoms with Crippen molar-refractivity contribution < 1.29 is 4.42 Å². The van der Waals surface area contributed by atoms with Crippen molar-refractivity contribution in [2.45, 2.75) is 0 Å². The molecule has 0 fully saturated rings. The third kappa shape index (κ3) is 5.47. The second-order valence-electron chi connectivity index (χ2n) is 13.4. The van der Waals surface area contributed by atoms with E-state index in [1.54, 1.807) is 11.3 Å². The maximum atomic E-state index is 6.35. The maximum Gasteiger partial charge on any atom is 0.227 e. The molecule has 4 heterocycles. The highest BCUT2D eigenvalue weighted by molar-refractivity contribution is 7.16. The Bertz CT molecular complexity index is 3160. The van der Waals surface area contributed by atoms with Gasteiger partial charge in [0.1, 0.15) is 5.52 Å². The summed E-state index contributed by atoms with van der Waals surface area (Å²) in [6.07, 6.45) is 0. The number of oxazole rings is 1. The lowest BCUT2D eigenvalue weighted by atomic mass is 10.0. The van der Waals surface area contributed by atoms with Crippen molar-refractivity contribution in [3.05, 3.63) is 169 Å². The molecule has 0 spiro atoms. The van der Waals surface area contributed by atoms with Crippen molar-refractivity contribution in [1.29, 1.82) is 0 Å². The van der Waals surface area contributed by atoms with Gasteiger partial charge in [0, 0.05) is 38.7 Å². The molecule has 11 aromatic rings. The molecule has 0 radical (unpaired) electrons. The van der Waals surface area contributed by atoms with Gasteiger partial charge in [0.25, 0.3) is 0 Å². The second-order valence-corrected chi connectivity index (χ2v) is 14.3. The van der Waals surface area contributed by atoms with Gasteiger partial charge in [-0.25, -0.2) is 24.9 Å². The predicted octanol–water partition coefficient (Wildman–Crippen LogP) is 12.1. The van der Waals surface area contributed by atoms with E-state index in [1.165, 1.54) is 15.5 Å². The SMILES string of the molecule is c1ccc(-c2nc(-c3ccccc3)nc(-c3ccc4oc(-c5cccc(-c6ccc7c(c6)c6ccccc6n7-c6ccc7scnc7c6)c5)nc4c3)n2)cc1. The number of nitrogens with zero attached hydrogens (tertiary/aromatic N) is 6. The van der Waals surface area contributed by atoms with Gasteiger partial charge in [-0.2, -0.15) is 0 Å². The molecule has 11 rings (SSSR count). The number of rotatable bonds is 6. The summed E-state index contributed by atoms with van der Waals surface area (Å²) in [7, 11) is 0. The summed E-state index contributed by atoms with van der Waals surface area (Å²) in [6.45, 7) is 0. The Morgan fingerprint density at radius 3 is 1.89 bits per heavy atom. The van der Waals surface area contributed by atoms with Crippen LogP contribution in [-0.4, -0.2) is 29.5 Å². The van der Waals surface area contributed by atoms with Crippen molar-refractivity contribution in [2.75, 3.05) is 0 Å². The van der Waals surface area contributed by atoms with Crippen LogP contribution in [0.5, 0.6) is 0 Å². The average molecular weight is 725 g/mol. The number of thiazole rings is 1. The summed E-state index contributed by atoms with van der Waals surface area (Å²) in [4.78, 5) is 24.2. The minimum absolute atomic E-state index is 0.551. The Morgan fingerprint density at radius 1 is 0.436 bits per heavy atom. The molecule has 7 aromatic carbocycles. The molecule has 0 unspecified atom stereocenters. The summed E-state index contributed by atoms with van der Waals surface area (Å²) in [6, 6.07) is 56.0. The molecule has 0 saturated heterocycles. The molecular formula is C47H28N6OS. The zero-order valence-electron chi connectivity index (χ0n) is 29.2. The van der Waals surface area contributed by atoms with E-state index in [0.29, 0.717) is 28.9 Å². The number of hydrogen-bond acceptors (Lipinski definition) is 7. The first-order valence-electron chi connectivity index (χ1n) is 18.0. The van der Waals surface area contributed by atoms with E-state index < -0.39 is 0 Å². The Kier molecular flexibility index (Phi) is 7.21. The molecule has 0 saturated carbocycles. The average Bonchev–Trinajstić information content (AvgIpc) is 3.99. The van der Waals surface area contributed by atoms with Crippen LogP contribution in [0.3, 0.4) is 0 Å². The van der Waals surface area contributed by atoms with Crippen molar-refractivity contribution in [1.82, 2.24) is 29.5 Å². The Balaban J connectivity index is 0.966. The van der Waals surface area contributed by atoms with Crippen LogP contribution in [0.25, 0.3) is 106 Å². The largest absolute Gasteiger partial charge is 0.436 e. The zero-order chi connectivity index (χ0) is 36.3. The van der Waals surface area contributed by atoms with E-state index in [0.717, 1.165) is 61.1 Å². The van der Waals surface area contributed by atoms with Gasteiger partial charge in [-0.05, 0) is 77.9 Å². The summed E-state index contributed by atoms with van der Waals surface area (Å²) in [5.74, 6) is 2.35. The van der Waals surface area contributed by atoms with Crippen molar-refractivity contribution in [3.63, 3.8) is 0 Å². The summed E-state index contributed by atoms with van der Waals surface area (Å²) >= 11 is 1.66. The van der Waals surface area contributed by atoms with Gasteiger partial charge in [-0.1, -0.05) is 97.1 Å². The molecule has 0 N–H and O–H groups in total. The van der Waals surface area contributed by atoms with Crippen LogP contribution >= 0.6 is 11.3 Å². The molecule has 0 atom stereocenters. The fraction of sp³-hybridized carbons (Fsp3) is 0. The first-order valence-corrected chi connectivity index (χ1v) is 18.9. The van der Waals surface area contributed by atoms with Crippen LogP contribution in [0.15, 0.2) is 174 Å². The monoisotopic (exact) mass is 724 g/mol. The molecule has 8 heteroatoms. The number of fused-ring (bicyclic) bond motifs is 5. The van der Waals surface area contributed by atoms with Gasteiger partial charge in [-0.15, -0.1) is 11.3 Å². The third-order valence-electron chi connectivity index (χ3n) is 10.0. The second kappa shape index (κ2) is 12.7. The number of para-hydroxylation sites is 1. The Labute approximate surface area is 318 Å². The fourth-order valence-electron chi connectivity index (χ4n) is 7.38. The summed E-state index contributed by atoms with van der Waals surface area (Å²) in [5.41, 5.74) is 13.5. The van der Waals surface area contributed by atoms with E-state index >= 15 is 0 Å². The molecule has 0 aliphatic heterocycles. The summed E-state index contributed by atoms with van der Waals surface area (Å²) < 4.78 is 9.87. The van der Waals surface area contributed by atoms with Gasteiger partial charge in [0.15, 0.2) is 23.1 Å². The van der Waals surface area contributed by atoms with E-state index in [1.807, 2.05) is 90.4 Å². The van der Waals surface area contributed by atoms with Crippen LogP contribution in [0.2, 0.25) is 0 Å². The van der Waals surface area contributed by atoms with Gasteiger partial charge >= 0.3 is 0 Å². The van der Waals surface area contributed by atoms with Crippen LogP contribution in [-0.2, 0) is 0 Å². The van der Waals surface area contributed by atoms with Gasteiger partial charge in [-0.3, -0.25) is 0 Å². The standard InChI is InChI=1S/C47H28N6OS/c1-3-10-29(11-4-1)44-50-45(30-12-5-2-6-13-30)52-46(51-44)33-19-22-42-38(26-33)49-47(54-42)34-15-9-14-31(24-34)32-18-21-41-37(25-32)36-16-7-8-17-40(36)53(41)35-20-23-43-39(27-35)48-28-55-43/h1-28H. The molecule has 258 valence electrons. The molecule has 0 amide bonds. The topological polar surface area (TPSA) is 82.5 Å². The van der Waals surface area contributed by atoms with Crippen molar-refractivity contribution in [2.24, 2.45) is 0 Å². The first kappa shape index (κ1) is 31.3. The van der Waals surface area contributed by atoms with Crippen LogP contribution in [0, 0.1) is 0 Å². The molecule has 0 aliphatic rings. The van der Waals surface area contributed by atoms with E-state index in [9.17, 15) is 0 Å². The number of benzene rings is 7. The Morgan fingerprint density at radius 2 is 1.09 bits per heavy atom. The van der Waals surface area contributed by atoms with Crippen LogP contribution in [0.1, 0.15) is 0 Å². The predicted molar refractivity (Wildman–Crippen MR) is 222 cm³/mol.